The van der Waals surface area contributed by atoms with Crippen LogP contribution in [0.1, 0.15) is 23.7 Å². The molecule has 0 amide bonds. The van der Waals surface area contributed by atoms with Gasteiger partial charge in [0.2, 0.25) is 0 Å². The van der Waals surface area contributed by atoms with Gasteiger partial charge in [0.25, 0.3) is 0 Å². The molecule has 0 saturated heterocycles. The predicted octanol–water partition coefficient (Wildman–Crippen LogP) is 2.75. The number of nitrogens with zero attached hydrogens (tertiary/aromatic N) is 2. The van der Waals surface area contributed by atoms with Crippen LogP contribution >= 0.6 is 0 Å². The summed E-state index contributed by atoms with van der Waals surface area (Å²) in [7, 11) is 0. The SMILES string of the molecule is CCCOC(=O)c1cc(O)c(N=O)c(N=O)c1. The summed E-state index contributed by atoms with van der Waals surface area (Å²) in [6.45, 7) is 2.04. The van der Waals surface area contributed by atoms with E-state index < -0.39 is 23.1 Å². The number of phenolic OH excluding ortho intramolecular Hbond substituents is 1. The Morgan fingerprint density at radius 2 is 2.06 bits per heavy atom. The Balaban J connectivity index is 3.11. The summed E-state index contributed by atoms with van der Waals surface area (Å²) in [4.78, 5) is 32.2. The van der Waals surface area contributed by atoms with Crippen LogP contribution in [-0.2, 0) is 4.74 Å². The van der Waals surface area contributed by atoms with Gasteiger partial charge in [-0.25, -0.2) is 4.79 Å². The molecule has 90 valence electrons. The summed E-state index contributed by atoms with van der Waals surface area (Å²) in [6, 6.07) is 2.05. The van der Waals surface area contributed by atoms with Crippen LogP contribution in [0.25, 0.3) is 0 Å². The molecule has 0 aliphatic carbocycles. The molecule has 0 aliphatic heterocycles. The summed E-state index contributed by atoms with van der Waals surface area (Å²) >= 11 is 0. The summed E-state index contributed by atoms with van der Waals surface area (Å²) < 4.78 is 4.80. The van der Waals surface area contributed by atoms with Crippen LogP contribution in [0.15, 0.2) is 22.5 Å². The number of ether oxygens (including phenoxy) is 1. The summed E-state index contributed by atoms with van der Waals surface area (Å²) in [5.74, 6) is -1.29. The van der Waals surface area contributed by atoms with Crippen molar-refractivity contribution in [2.24, 2.45) is 10.4 Å². The summed E-state index contributed by atoms with van der Waals surface area (Å²) in [5, 5.41) is 14.3. The Morgan fingerprint density at radius 1 is 1.35 bits per heavy atom. The zero-order valence-corrected chi connectivity index (χ0v) is 9.04. The topological polar surface area (TPSA) is 105 Å². The van der Waals surface area contributed by atoms with Crippen molar-refractivity contribution in [3.05, 3.63) is 27.5 Å². The van der Waals surface area contributed by atoms with Gasteiger partial charge in [-0.15, -0.1) is 9.81 Å². The minimum absolute atomic E-state index is 0.0575. The molecule has 0 aromatic heterocycles. The van der Waals surface area contributed by atoms with E-state index in [1.165, 1.54) is 0 Å². The first kappa shape index (κ1) is 12.8. The van der Waals surface area contributed by atoms with Gasteiger partial charge >= 0.3 is 5.97 Å². The Kier molecular flexibility index (Phi) is 4.27. The van der Waals surface area contributed by atoms with Crippen LogP contribution in [0.5, 0.6) is 5.75 Å². The zero-order chi connectivity index (χ0) is 12.8. The molecule has 7 nitrogen and oxygen atoms in total. The first-order chi connectivity index (χ1) is 8.13. The van der Waals surface area contributed by atoms with Gasteiger partial charge < -0.3 is 9.84 Å². The number of carbonyl (C=O) groups is 1. The van der Waals surface area contributed by atoms with Crippen molar-refractivity contribution in [3.8, 4) is 5.75 Å². The van der Waals surface area contributed by atoms with E-state index >= 15 is 0 Å². The first-order valence-corrected chi connectivity index (χ1v) is 4.84. The fraction of sp³-hybridized carbons (Fsp3) is 0.300. The van der Waals surface area contributed by atoms with E-state index in [1.54, 1.807) is 0 Å². The molecule has 0 unspecified atom stereocenters. The molecule has 0 heterocycles. The van der Waals surface area contributed by atoms with Gasteiger partial charge in [0.05, 0.1) is 12.2 Å². The van der Waals surface area contributed by atoms with E-state index in [2.05, 4.69) is 10.4 Å². The lowest BCUT2D eigenvalue weighted by atomic mass is 10.1. The van der Waals surface area contributed by atoms with Crippen molar-refractivity contribution in [2.75, 3.05) is 6.61 Å². The predicted molar refractivity (Wildman–Crippen MR) is 59.6 cm³/mol. The van der Waals surface area contributed by atoms with Crippen LogP contribution in [0.4, 0.5) is 11.4 Å². The van der Waals surface area contributed by atoms with E-state index in [4.69, 9.17) is 4.74 Å². The zero-order valence-electron chi connectivity index (χ0n) is 9.04. The number of carbonyl (C=O) groups excluding carboxylic acids is 1. The average Bonchev–Trinajstić information content (AvgIpc) is 2.34. The van der Waals surface area contributed by atoms with Gasteiger partial charge in [0.1, 0.15) is 11.4 Å². The molecule has 17 heavy (non-hydrogen) atoms. The molecule has 1 aromatic rings. The third-order valence-corrected chi connectivity index (χ3v) is 1.93. The Hall–Kier alpha value is -2.31. The largest absolute Gasteiger partial charge is 0.505 e. The van der Waals surface area contributed by atoms with E-state index in [0.717, 1.165) is 12.1 Å². The van der Waals surface area contributed by atoms with Crippen molar-refractivity contribution >= 4 is 17.3 Å². The minimum Gasteiger partial charge on any atom is -0.505 e. The van der Waals surface area contributed by atoms with Crippen LogP contribution in [0, 0.1) is 9.81 Å². The van der Waals surface area contributed by atoms with Crippen LogP contribution < -0.4 is 0 Å². The smallest absolute Gasteiger partial charge is 0.338 e. The quantitative estimate of drug-likeness (QED) is 0.627. The van der Waals surface area contributed by atoms with E-state index in [1.807, 2.05) is 6.92 Å². The van der Waals surface area contributed by atoms with Gasteiger partial charge in [-0.3, -0.25) is 0 Å². The molecule has 0 aliphatic rings. The molecule has 0 saturated carbocycles. The molecule has 0 spiro atoms. The second-order valence-electron chi connectivity index (χ2n) is 3.18. The standard InChI is InChI=1S/C10H10N2O5/c1-2-3-17-10(14)6-4-7(11-15)9(12-16)8(13)5-6/h4-5,13H,2-3H2,1H3. The van der Waals surface area contributed by atoms with Gasteiger partial charge in [-0.2, -0.15) is 0 Å². The van der Waals surface area contributed by atoms with Gasteiger partial charge in [0.15, 0.2) is 5.69 Å². The molecule has 7 heteroatoms. The molecule has 1 rings (SSSR count). The molecule has 1 aromatic carbocycles. The lowest BCUT2D eigenvalue weighted by molar-refractivity contribution is 0.0504. The van der Waals surface area contributed by atoms with Crippen molar-refractivity contribution in [3.63, 3.8) is 0 Å². The van der Waals surface area contributed by atoms with E-state index in [-0.39, 0.29) is 12.2 Å². The highest BCUT2D eigenvalue weighted by molar-refractivity contribution is 5.93. The fourth-order valence-corrected chi connectivity index (χ4v) is 1.16. The summed E-state index contributed by atoms with van der Waals surface area (Å²) in [6.07, 6.45) is 0.643. The van der Waals surface area contributed by atoms with Crippen LogP contribution in [-0.4, -0.2) is 17.7 Å². The number of benzene rings is 1. The van der Waals surface area contributed by atoms with Crippen molar-refractivity contribution in [1.82, 2.24) is 0 Å². The lowest BCUT2D eigenvalue weighted by Crippen LogP contribution is -2.05. The van der Waals surface area contributed by atoms with Gasteiger partial charge in [-0.05, 0) is 28.9 Å². The number of nitroso groups, excluding NO2 is 2. The Morgan fingerprint density at radius 3 is 2.59 bits per heavy atom. The first-order valence-electron chi connectivity index (χ1n) is 4.84. The van der Waals surface area contributed by atoms with Crippen molar-refractivity contribution in [1.29, 1.82) is 0 Å². The minimum atomic E-state index is -0.704. The number of hydrogen-bond acceptors (Lipinski definition) is 7. The molecular weight excluding hydrogens is 228 g/mol. The monoisotopic (exact) mass is 238 g/mol. The number of rotatable bonds is 5. The second kappa shape index (κ2) is 5.69. The maximum Gasteiger partial charge on any atom is 0.338 e. The third kappa shape index (κ3) is 2.83. The summed E-state index contributed by atoms with van der Waals surface area (Å²) in [5.41, 5.74) is -0.951. The highest BCUT2D eigenvalue weighted by Gasteiger charge is 2.16. The van der Waals surface area contributed by atoms with Crippen molar-refractivity contribution in [2.45, 2.75) is 13.3 Å². The Labute approximate surface area is 96.3 Å². The average molecular weight is 238 g/mol. The maximum atomic E-state index is 11.4. The van der Waals surface area contributed by atoms with Crippen LogP contribution in [0.2, 0.25) is 0 Å². The number of hydrogen-bond donors (Lipinski definition) is 1. The fourth-order valence-electron chi connectivity index (χ4n) is 1.16. The number of phenols is 1. The van der Waals surface area contributed by atoms with Gasteiger partial charge in [0, 0.05) is 0 Å². The molecule has 0 fully saturated rings. The highest BCUT2D eigenvalue weighted by atomic mass is 16.5. The maximum absolute atomic E-state index is 11.4. The normalized spacial score (nSPS) is 9.71. The second-order valence-corrected chi connectivity index (χ2v) is 3.18. The Bertz CT molecular complexity index is 458. The molecule has 0 radical (unpaired) electrons. The molecular formula is C10H10N2O5. The van der Waals surface area contributed by atoms with Crippen LogP contribution in [0.3, 0.4) is 0 Å². The number of aromatic hydroxyl groups is 1. The van der Waals surface area contributed by atoms with E-state index in [9.17, 15) is 19.7 Å². The molecule has 0 atom stereocenters. The van der Waals surface area contributed by atoms with Gasteiger partial charge in [-0.1, -0.05) is 6.92 Å². The number of esters is 1. The van der Waals surface area contributed by atoms with Crippen molar-refractivity contribution < 1.29 is 14.6 Å². The third-order valence-electron chi connectivity index (χ3n) is 1.93. The molecule has 0 bridgehead atoms. The highest BCUT2D eigenvalue weighted by Crippen LogP contribution is 2.37. The lowest BCUT2D eigenvalue weighted by Gasteiger charge is -2.05. The van der Waals surface area contributed by atoms with E-state index in [0.29, 0.717) is 6.42 Å². The molecule has 1 N–H and O–H groups in total.